The summed E-state index contributed by atoms with van der Waals surface area (Å²) in [4.78, 5) is 0. The van der Waals surface area contributed by atoms with E-state index in [4.69, 9.17) is 5.73 Å². The largest absolute Gasteiger partial charge is 0.330 e. The molecule has 2 fully saturated rings. The molecule has 0 aromatic carbocycles. The molecule has 0 amide bonds. The van der Waals surface area contributed by atoms with Crippen LogP contribution >= 0.6 is 0 Å². The lowest BCUT2D eigenvalue weighted by molar-refractivity contribution is 0.226. The highest BCUT2D eigenvalue weighted by Gasteiger charge is 2.25. The average Bonchev–Trinajstić information content (AvgIpc) is 2.61. The Morgan fingerprint density at radius 2 is 1.67 bits per heavy atom. The van der Waals surface area contributed by atoms with Gasteiger partial charge in [0, 0.05) is 6.04 Å². The molecular weight excluding hydrogens is 220 g/mol. The predicted octanol–water partition coefficient (Wildman–Crippen LogP) is 3.31. The van der Waals surface area contributed by atoms with Gasteiger partial charge in [0.15, 0.2) is 0 Å². The fourth-order valence-electron chi connectivity index (χ4n) is 3.87. The Morgan fingerprint density at radius 1 is 0.889 bits per heavy atom. The second-order valence-corrected chi connectivity index (χ2v) is 6.76. The Hall–Kier alpha value is -0.0800. The van der Waals surface area contributed by atoms with Crippen LogP contribution in [0.1, 0.15) is 64.7 Å². The van der Waals surface area contributed by atoms with Crippen LogP contribution in [-0.2, 0) is 0 Å². The minimum absolute atomic E-state index is 0.787. The van der Waals surface area contributed by atoms with Crippen LogP contribution in [0, 0.1) is 17.8 Å². The number of nitrogens with one attached hydrogen (secondary N) is 1. The Balaban J connectivity index is 1.72. The molecule has 2 nitrogen and oxygen atoms in total. The highest BCUT2D eigenvalue weighted by atomic mass is 14.9. The minimum Gasteiger partial charge on any atom is -0.330 e. The van der Waals surface area contributed by atoms with Crippen LogP contribution in [0.4, 0.5) is 0 Å². The first-order chi connectivity index (χ1) is 8.79. The highest BCUT2D eigenvalue weighted by Crippen LogP contribution is 2.29. The summed E-state index contributed by atoms with van der Waals surface area (Å²) in [7, 11) is 0. The van der Waals surface area contributed by atoms with Gasteiger partial charge in [-0.05, 0) is 62.9 Å². The maximum absolute atomic E-state index is 5.92. The summed E-state index contributed by atoms with van der Waals surface area (Å²) in [6.45, 7) is 4.53. The molecule has 0 bridgehead atoms. The number of hydrogen-bond acceptors (Lipinski definition) is 2. The van der Waals surface area contributed by atoms with Crippen molar-refractivity contribution < 1.29 is 0 Å². The summed E-state index contributed by atoms with van der Waals surface area (Å²) < 4.78 is 0. The van der Waals surface area contributed by atoms with E-state index < -0.39 is 0 Å². The van der Waals surface area contributed by atoms with E-state index in [1.807, 2.05) is 0 Å². The Morgan fingerprint density at radius 3 is 2.44 bits per heavy atom. The van der Waals surface area contributed by atoms with Crippen LogP contribution in [0.5, 0.6) is 0 Å². The van der Waals surface area contributed by atoms with E-state index in [0.29, 0.717) is 0 Å². The molecule has 0 spiro atoms. The van der Waals surface area contributed by atoms with E-state index in [2.05, 4.69) is 12.2 Å². The molecule has 0 heterocycles. The summed E-state index contributed by atoms with van der Waals surface area (Å²) in [5.74, 6) is 2.59. The summed E-state index contributed by atoms with van der Waals surface area (Å²) in [5, 5.41) is 3.86. The van der Waals surface area contributed by atoms with Crippen molar-refractivity contribution in [2.45, 2.75) is 70.8 Å². The van der Waals surface area contributed by atoms with Crippen molar-refractivity contribution in [3.05, 3.63) is 0 Å². The van der Waals surface area contributed by atoms with E-state index in [1.54, 1.807) is 0 Å². The van der Waals surface area contributed by atoms with Crippen molar-refractivity contribution in [2.24, 2.45) is 23.5 Å². The fourth-order valence-corrected chi connectivity index (χ4v) is 3.87. The number of nitrogens with two attached hydrogens (primary N) is 1. The molecule has 0 radical (unpaired) electrons. The maximum atomic E-state index is 5.92. The lowest BCUT2D eigenvalue weighted by atomic mass is 9.79. The van der Waals surface area contributed by atoms with Gasteiger partial charge in [-0.15, -0.1) is 0 Å². The molecule has 2 saturated carbocycles. The van der Waals surface area contributed by atoms with Gasteiger partial charge in [-0.25, -0.2) is 0 Å². The second-order valence-electron chi connectivity index (χ2n) is 6.76. The molecule has 0 saturated heterocycles. The van der Waals surface area contributed by atoms with Crippen molar-refractivity contribution >= 4 is 0 Å². The van der Waals surface area contributed by atoms with Gasteiger partial charge in [-0.3, -0.25) is 0 Å². The number of hydrogen-bond donors (Lipinski definition) is 2. The van der Waals surface area contributed by atoms with Gasteiger partial charge in [0.05, 0.1) is 0 Å². The molecule has 2 heteroatoms. The van der Waals surface area contributed by atoms with E-state index in [-0.39, 0.29) is 0 Å². The molecule has 2 aliphatic carbocycles. The Labute approximate surface area is 113 Å². The molecule has 2 aliphatic rings. The van der Waals surface area contributed by atoms with Crippen molar-refractivity contribution in [2.75, 3.05) is 13.1 Å². The zero-order valence-electron chi connectivity index (χ0n) is 12.2. The van der Waals surface area contributed by atoms with Gasteiger partial charge in [0.2, 0.25) is 0 Å². The molecule has 4 unspecified atom stereocenters. The molecule has 18 heavy (non-hydrogen) atoms. The van der Waals surface area contributed by atoms with Crippen LogP contribution in [0.15, 0.2) is 0 Å². The first kappa shape index (κ1) is 14.3. The van der Waals surface area contributed by atoms with E-state index in [1.165, 1.54) is 64.3 Å². The molecule has 106 valence electrons. The van der Waals surface area contributed by atoms with Crippen molar-refractivity contribution in [1.82, 2.24) is 5.32 Å². The average molecular weight is 252 g/mol. The summed E-state index contributed by atoms with van der Waals surface area (Å²) in [5.41, 5.74) is 5.92. The van der Waals surface area contributed by atoms with Gasteiger partial charge >= 0.3 is 0 Å². The lowest BCUT2D eigenvalue weighted by Gasteiger charge is -2.32. The maximum Gasteiger partial charge on any atom is 0.00672 e. The normalized spacial score (nSPS) is 38.3. The van der Waals surface area contributed by atoms with Crippen molar-refractivity contribution in [3.8, 4) is 0 Å². The fraction of sp³-hybridized carbons (Fsp3) is 1.00. The quantitative estimate of drug-likeness (QED) is 0.753. The van der Waals surface area contributed by atoms with Gasteiger partial charge in [0.1, 0.15) is 0 Å². The van der Waals surface area contributed by atoms with Gasteiger partial charge < -0.3 is 11.1 Å². The Bertz CT molecular complexity index is 229. The third-order valence-corrected chi connectivity index (χ3v) is 5.30. The predicted molar refractivity (Wildman–Crippen MR) is 78.5 cm³/mol. The summed E-state index contributed by atoms with van der Waals surface area (Å²) in [6.07, 6.45) is 12.7. The molecule has 2 rings (SSSR count). The molecule has 0 aromatic heterocycles. The molecule has 4 atom stereocenters. The van der Waals surface area contributed by atoms with Crippen LogP contribution in [0.3, 0.4) is 0 Å². The molecule has 0 aliphatic heterocycles. The smallest absolute Gasteiger partial charge is 0.00672 e. The molecule has 0 aromatic rings. The zero-order valence-corrected chi connectivity index (χ0v) is 12.2. The van der Waals surface area contributed by atoms with Crippen molar-refractivity contribution in [3.63, 3.8) is 0 Å². The van der Waals surface area contributed by atoms with E-state index in [0.717, 1.165) is 30.3 Å². The molecule has 3 N–H and O–H groups in total. The topological polar surface area (TPSA) is 38.0 Å². The van der Waals surface area contributed by atoms with Crippen LogP contribution in [0.2, 0.25) is 0 Å². The number of rotatable bonds is 4. The van der Waals surface area contributed by atoms with Gasteiger partial charge in [-0.1, -0.05) is 32.6 Å². The monoisotopic (exact) mass is 252 g/mol. The summed E-state index contributed by atoms with van der Waals surface area (Å²) in [6, 6.07) is 0.787. The first-order valence-electron chi connectivity index (χ1n) is 8.23. The Kier molecular flexibility index (Phi) is 5.97. The van der Waals surface area contributed by atoms with Crippen LogP contribution in [-0.4, -0.2) is 19.1 Å². The standard InChI is InChI=1S/C16H32N2/c1-13-5-4-8-16(10-9-13)18-12-15-7-3-2-6-14(15)11-17/h13-16,18H,2-12,17H2,1H3. The summed E-state index contributed by atoms with van der Waals surface area (Å²) >= 11 is 0. The van der Waals surface area contributed by atoms with Crippen molar-refractivity contribution in [1.29, 1.82) is 0 Å². The third kappa shape index (κ3) is 4.24. The van der Waals surface area contributed by atoms with Crippen LogP contribution < -0.4 is 11.1 Å². The lowest BCUT2D eigenvalue weighted by Crippen LogP contribution is -2.38. The third-order valence-electron chi connectivity index (χ3n) is 5.30. The van der Waals surface area contributed by atoms with Gasteiger partial charge in [-0.2, -0.15) is 0 Å². The molecular formula is C16H32N2. The van der Waals surface area contributed by atoms with E-state index >= 15 is 0 Å². The van der Waals surface area contributed by atoms with Gasteiger partial charge in [0.25, 0.3) is 0 Å². The zero-order chi connectivity index (χ0) is 12.8. The minimum atomic E-state index is 0.787. The first-order valence-corrected chi connectivity index (χ1v) is 8.23. The van der Waals surface area contributed by atoms with Crippen LogP contribution in [0.25, 0.3) is 0 Å². The second kappa shape index (κ2) is 7.49. The SMILES string of the molecule is CC1CCCC(NCC2CCCCC2CN)CC1. The highest BCUT2D eigenvalue weighted by molar-refractivity contribution is 4.80. The van der Waals surface area contributed by atoms with E-state index in [9.17, 15) is 0 Å².